The van der Waals surface area contributed by atoms with Crippen LogP contribution < -0.4 is 0 Å². The molecule has 0 aromatic carbocycles. The van der Waals surface area contributed by atoms with Gasteiger partial charge in [-0.05, 0) is 79.4 Å². The summed E-state index contributed by atoms with van der Waals surface area (Å²) in [4.78, 5) is 0. The molecule has 4 fully saturated rings. The molecule has 0 saturated heterocycles. The van der Waals surface area contributed by atoms with E-state index in [4.69, 9.17) is 0 Å². The van der Waals surface area contributed by atoms with Gasteiger partial charge in [0.15, 0.2) is 0 Å². The minimum atomic E-state index is -0.557. The van der Waals surface area contributed by atoms with Gasteiger partial charge < -0.3 is 10.2 Å². The highest BCUT2D eigenvalue weighted by atomic mass is 16.3. The molecule has 1 spiro atoms. The zero-order valence-electron chi connectivity index (χ0n) is 14.7. The van der Waals surface area contributed by atoms with Crippen LogP contribution in [0.1, 0.15) is 78.6 Å². The molecular weight excluding hydrogens is 272 g/mol. The largest absolute Gasteiger partial charge is 0.396 e. The number of rotatable bonds is 1. The fourth-order valence-corrected chi connectivity index (χ4v) is 8.13. The first-order chi connectivity index (χ1) is 10.3. The first-order valence-corrected chi connectivity index (χ1v) is 9.59. The Balaban J connectivity index is 1.72. The highest BCUT2D eigenvalue weighted by Gasteiger charge is 2.67. The van der Waals surface area contributed by atoms with Crippen LogP contribution in [0.5, 0.6) is 0 Å². The average molecular weight is 306 g/mol. The predicted octanol–water partition coefficient (Wildman–Crippen LogP) is 4.14. The minimum absolute atomic E-state index is 0.134. The lowest BCUT2D eigenvalue weighted by Gasteiger charge is -2.64. The van der Waals surface area contributed by atoms with E-state index in [0.717, 1.165) is 31.1 Å². The summed E-state index contributed by atoms with van der Waals surface area (Å²) in [5, 5.41) is 20.8. The Morgan fingerprint density at radius 2 is 1.68 bits per heavy atom. The second kappa shape index (κ2) is 4.51. The Morgan fingerprint density at radius 1 is 0.955 bits per heavy atom. The van der Waals surface area contributed by atoms with Gasteiger partial charge in [-0.3, -0.25) is 0 Å². The first kappa shape index (κ1) is 15.4. The third kappa shape index (κ3) is 1.80. The number of aliphatic hydroxyl groups is 2. The monoisotopic (exact) mass is 306 g/mol. The fraction of sp³-hybridized carbons (Fsp3) is 1.00. The highest BCUT2D eigenvalue weighted by Crippen LogP contribution is 2.72. The van der Waals surface area contributed by atoms with E-state index < -0.39 is 5.60 Å². The van der Waals surface area contributed by atoms with Crippen LogP contribution in [0.4, 0.5) is 0 Å². The van der Waals surface area contributed by atoms with Gasteiger partial charge in [0.25, 0.3) is 0 Å². The fourth-order valence-electron chi connectivity index (χ4n) is 8.13. The Morgan fingerprint density at radius 3 is 2.41 bits per heavy atom. The van der Waals surface area contributed by atoms with Gasteiger partial charge >= 0.3 is 0 Å². The molecule has 6 atom stereocenters. The number of fused-ring (bicyclic) bond motifs is 3. The number of aliphatic hydroxyl groups excluding tert-OH is 1. The van der Waals surface area contributed by atoms with Gasteiger partial charge in [0, 0.05) is 12.5 Å². The van der Waals surface area contributed by atoms with Crippen molar-refractivity contribution in [1.29, 1.82) is 0 Å². The molecule has 22 heavy (non-hydrogen) atoms. The summed E-state index contributed by atoms with van der Waals surface area (Å²) in [6.45, 7) is 7.76. The second-order valence-corrected chi connectivity index (χ2v) is 10.3. The van der Waals surface area contributed by atoms with Crippen molar-refractivity contribution in [3.05, 3.63) is 0 Å². The van der Waals surface area contributed by atoms with E-state index in [1.165, 1.54) is 38.5 Å². The maximum Gasteiger partial charge on any atom is 0.0703 e. The van der Waals surface area contributed by atoms with Crippen molar-refractivity contribution < 1.29 is 10.2 Å². The van der Waals surface area contributed by atoms with Crippen LogP contribution in [-0.2, 0) is 0 Å². The molecule has 0 heterocycles. The molecule has 0 aromatic heterocycles. The van der Waals surface area contributed by atoms with Crippen LogP contribution in [0.3, 0.4) is 0 Å². The third-order valence-corrected chi connectivity index (χ3v) is 8.90. The molecule has 2 heteroatoms. The van der Waals surface area contributed by atoms with Crippen molar-refractivity contribution in [3.63, 3.8) is 0 Å². The van der Waals surface area contributed by atoms with E-state index in [0.29, 0.717) is 16.2 Å². The molecule has 0 aliphatic heterocycles. The van der Waals surface area contributed by atoms with Crippen LogP contribution >= 0.6 is 0 Å². The summed E-state index contributed by atoms with van der Waals surface area (Å²) < 4.78 is 0. The van der Waals surface area contributed by atoms with E-state index in [-0.39, 0.29) is 12.5 Å². The minimum Gasteiger partial charge on any atom is -0.396 e. The summed E-state index contributed by atoms with van der Waals surface area (Å²) in [5.41, 5.74) is 0.723. The number of hydrogen-bond donors (Lipinski definition) is 2. The number of hydrogen-bond acceptors (Lipinski definition) is 2. The molecule has 0 radical (unpaired) electrons. The Labute approximate surface area is 135 Å². The molecule has 4 rings (SSSR count). The lowest BCUT2D eigenvalue weighted by Crippen LogP contribution is -2.57. The van der Waals surface area contributed by atoms with Crippen molar-refractivity contribution in [2.24, 2.45) is 34.0 Å². The zero-order chi connectivity index (χ0) is 15.8. The van der Waals surface area contributed by atoms with Crippen LogP contribution in [-0.4, -0.2) is 22.4 Å². The molecule has 4 aliphatic rings. The van der Waals surface area contributed by atoms with Crippen molar-refractivity contribution in [1.82, 2.24) is 0 Å². The summed E-state index contributed by atoms with van der Waals surface area (Å²) >= 11 is 0. The van der Waals surface area contributed by atoms with Gasteiger partial charge in [0.05, 0.1) is 5.60 Å². The standard InChI is InChI=1S/C20H34O2/c1-17(2)7-4-8-18(3)15(17)5-9-19-11-14(12-21)20(22,13-19)10-6-16(18)19/h14-16,21-22H,4-13H2,1-3H3/t14-,15+,16-,18+,19+,20-/m0/s1. The van der Waals surface area contributed by atoms with Crippen molar-refractivity contribution in [2.75, 3.05) is 6.61 Å². The smallest absolute Gasteiger partial charge is 0.0703 e. The normalized spacial score (nSPS) is 56.3. The van der Waals surface area contributed by atoms with Gasteiger partial charge in [0.1, 0.15) is 0 Å². The lowest BCUT2D eigenvalue weighted by molar-refractivity contribution is -0.161. The third-order valence-electron chi connectivity index (χ3n) is 8.90. The Kier molecular flexibility index (Phi) is 3.16. The van der Waals surface area contributed by atoms with E-state index in [9.17, 15) is 10.2 Å². The van der Waals surface area contributed by atoms with E-state index in [2.05, 4.69) is 20.8 Å². The molecule has 4 saturated carbocycles. The van der Waals surface area contributed by atoms with Gasteiger partial charge in [0.2, 0.25) is 0 Å². The maximum atomic E-state index is 11.0. The van der Waals surface area contributed by atoms with Gasteiger partial charge in [-0.2, -0.15) is 0 Å². The second-order valence-electron chi connectivity index (χ2n) is 10.3. The van der Waals surface area contributed by atoms with Crippen molar-refractivity contribution in [3.8, 4) is 0 Å². The van der Waals surface area contributed by atoms with E-state index in [1.54, 1.807) is 0 Å². The van der Waals surface area contributed by atoms with E-state index in [1.807, 2.05) is 0 Å². The summed E-state index contributed by atoms with van der Waals surface area (Å²) in [6.07, 6.45) is 10.9. The Hall–Kier alpha value is -0.0800. The average Bonchev–Trinajstić information content (AvgIpc) is 2.63. The highest BCUT2D eigenvalue weighted by molar-refractivity contribution is 5.17. The molecule has 126 valence electrons. The molecule has 0 aromatic rings. The van der Waals surface area contributed by atoms with Gasteiger partial charge in [-0.25, -0.2) is 0 Å². The van der Waals surface area contributed by atoms with Gasteiger partial charge in [-0.1, -0.05) is 27.2 Å². The molecule has 2 N–H and O–H groups in total. The topological polar surface area (TPSA) is 40.5 Å². The quantitative estimate of drug-likeness (QED) is 0.764. The summed E-state index contributed by atoms with van der Waals surface area (Å²) in [6, 6.07) is 0. The van der Waals surface area contributed by atoms with Crippen LogP contribution in [0, 0.1) is 34.0 Å². The first-order valence-electron chi connectivity index (χ1n) is 9.59. The lowest BCUT2D eigenvalue weighted by atomic mass is 9.41. The molecular formula is C20H34O2. The van der Waals surface area contributed by atoms with Gasteiger partial charge in [-0.15, -0.1) is 0 Å². The predicted molar refractivity (Wildman–Crippen MR) is 88.4 cm³/mol. The summed E-state index contributed by atoms with van der Waals surface area (Å²) in [7, 11) is 0. The van der Waals surface area contributed by atoms with Crippen LogP contribution in [0.25, 0.3) is 0 Å². The maximum absolute atomic E-state index is 11.0. The van der Waals surface area contributed by atoms with Crippen LogP contribution in [0.15, 0.2) is 0 Å². The van der Waals surface area contributed by atoms with Crippen LogP contribution in [0.2, 0.25) is 0 Å². The molecule has 0 amide bonds. The molecule has 2 bridgehead atoms. The van der Waals surface area contributed by atoms with Crippen molar-refractivity contribution in [2.45, 2.75) is 84.2 Å². The zero-order valence-corrected chi connectivity index (χ0v) is 14.7. The van der Waals surface area contributed by atoms with Crippen molar-refractivity contribution >= 4 is 0 Å². The molecule has 2 nitrogen and oxygen atoms in total. The summed E-state index contributed by atoms with van der Waals surface area (Å²) in [5.74, 6) is 1.76. The SMILES string of the molecule is CC1(C)CCC[C@]2(C)[C@@H]1CC[C@]13C[C@@H](CO)[C@](O)(CC[C@H]12)C3. The van der Waals surface area contributed by atoms with E-state index >= 15 is 0 Å². The Bertz CT molecular complexity index is 472. The molecule has 4 aliphatic carbocycles. The molecule has 0 unspecified atom stereocenters.